The first-order valence-electron chi connectivity index (χ1n) is 8.59. The number of esters is 1. The summed E-state index contributed by atoms with van der Waals surface area (Å²) in [6.45, 7) is 2.60. The predicted octanol–water partition coefficient (Wildman–Crippen LogP) is 4.44. The highest BCUT2D eigenvalue weighted by molar-refractivity contribution is 5.71. The van der Waals surface area contributed by atoms with Gasteiger partial charge in [-0.05, 0) is 42.3 Å². The summed E-state index contributed by atoms with van der Waals surface area (Å²) >= 11 is 0. The maximum atomic E-state index is 11.1. The van der Waals surface area contributed by atoms with E-state index < -0.39 is 10.9 Å². The molecule has 9 nitrogen and oxygen atoms in total. The van der Waals surface area contributed by atoms with E-state index in [-0.39, 0.29) is 18.7 Å². The molecule has 0 saturated carbocycles. The van der Waals surface area contributed by atoms with Gasteiger partial charge in [0.15, 0.2) is 0 Å². The van der Waals surface area contributed by atoms with Crippen molar-refractivity contribution >= 4 is 28.7 Å². The van der Waals surface area contributed by atoms with Gasteiger partial charge in [0.25, 0.3) is 5.69 Å². The molecule has 0 aromatic heterocycles. The highest BCUT2D eigenvalue weighted by Crippen LogP contribution is 2.25. The Kier molecular flexibility index (Phi) is 7.60. The summed E-state index contributed by atoms with van der Waals surface area (Å²) in [6.07, 6.45) is 0.506. The molecule has 0 saturated heterocycles. The summed E-state index contributed by atoms with van der Waals surface area (Å²) in [5.41, 5.74) is 3.09. The first-order chi connectivity index (χ1) is 13.5. The van der Waals surface area contributed by atoms with Crippen LogP contribution in [0, 0.1) is 21.4 Å². The monoisotopic (exact) mass is 381 g/mol. The second-order valence-corrected chi connectivity index (χ2v) is 5.65. The number of hydrogen-bond donors (Lipinski definition) is 1. The summed E-state index contributed by atoms with van der Waals surface area (Å²) < 4.78 is 4.91. The van der Waals surface area contributed by atoms with E-state index in [1.165, 1.54) is 24.3 Å². The number of aryl methyl sites for hydroxylation is 1. The number of anilines is 1. The molecule has 0 aliphatic heterocycles. The van der Waals surface area contributed by atoms with Crippen LogP contribution >= 0.6 is 0 Å². The molecule has 0 heterocycles. The van der Waals surface area contributed by atoms with Crippen molar-refractivity contribution < 1.29 is 14.5 Å². The average Bonchev–Trinajstić information content (AvgIpc) is 2.70. The highest BCUT2D eigenvalue weighted by atomic mass is 16.6. The molecule has 0 spiro atoms. The number of benzene rings is 2. The first kappa shape index (κ1) is 20.5. The molecule has 2 rings (SSSR count). The summed E-state index contributed by atoms with van der Waals surface area (Å²) in [4.78, 5) is 21.3. The molecular weight excluding hydrogens is 362 g/mol. The average molecular weight is 381 g/mol. The lowest BCUT2D eigenvalue weighted by Crippen LogP contribution is -2.14. The maximum Gasteiger partial charge on any atom is 0.320 e. The molecule has 0 aliphatic rings. The van der Waals surface area contributed by atoms with Crippen LogP contribution in [0.2, 0.25) is 0 Å². The summed E-state index contributed by atoms with van der Waals surface area (Å²) in [6, 6.07) is 13.1. The lowest BCUT2D eigenvalue weighted by atomic mass is 10.1. The predicted molar refractivity (Wildman–Crippen MR) is 103 cm³/mol. The van der Waals surface area contributed by atoms with Crippen molar-refractivity contribution in [1.82, 2.24) is 0 Å². The van der Waals surface area contributed by atoms with Gasteiger partial charge in [0, 0.05) is 24.4 Å². The fourth-order valence-electron chi connectivity index (χ4n) is 2.33. The number of nitro groups is 1. The molecule has 28 heavy (non-hydrogen) atoms. The van der Waals surface area contributed by atoms with Gasteiger partial charge < -0.3 is 10.1 Å². The van der Waals surface area contributed by atoms with Gasteiger partial charge >= 0.3 is 5.97 Å². The summed E-state index contributed by atoms with van der Waals surface area (Å²) in [5, 5.41) is 30.5. The lowest BCUT2D eigenvalue weighted by molar-refractivity contribution is -0.384. The zero-order chi connectivity index (χ0) is 20.4. The molecule has 2 aromatic rings. The molecule has 2 aromatic carbocycles. The van der Waals surface area contributed by atoms with Gasteiger partial charge in [0.1, 0.15) is 13.0 Å². The number of nitrogens with zero attached hydrogens (tertiary/aromatic N) is 4. The lowest BCUT2D eigenvalue weighted by Gasteiger charge is -2.11. The van der Waals surface area contributed by atoms with E-state index in [0.29, 0.717) is 17.9 Å². The number of carbonyl (C=O) groups is 1. The minimum absolute atomic E-state index is 0.000880. The SMILES string of the molecule is CCc1cc(N=Nc2ccc([N+](=O)[O-])cc2)ccc1NCCOC(=O)CC#N. The van der Waals surface area contributed by atoms with E-state index in [9.17, 15) is 14.9 Å². The van der Waals surface area contributed by atoms with Crippen LogP contribution in [0.3, 0.4) is 0 Å². The Balaban J connectivity index is 1.97. The van der Waals surface area contributed by atoms with Gasteiger partial charge in [-0.3, -0.25) is 14.9 Å². The third-order valence-electron chi connectivity index (χ3n) is 3.72. The Morgan fingerprint density at radius 2 is 1.89 bits per heavy atom. The van der Waals surface area contributed by atoms with Gasteiger partial charge in [0.05, 0.1) is 22.4 Å². The second kappa shape index (κ2) is 10.4. The molecule has 0 unspecified atom stereocenters. The minimum Gasteiger partial charge on any atom is -0.463 e. The van der Waals surface area contributed by atoms with Gasteiger partial charge in [-0.2, -0.15) is 15.5 Å². The Hall–Kier alpha value is -3.80. The van der Waals surface area contributed by atoms with Gasteiger partial charge in [-0.25, -0.2) is 0 Å². The van der Waals surface area contributed by atoms with Gasteiger partial charge in [-0.15, -0.1) is 0 Å². The number of non-ortho nitro benzene ring substituents is 1. The highest BCUT2D eigenvalue weighted by Gasteiger charge is 2.05. The van der Waals surface area contributed by atoms with E-state index in [1.54, 1.807) is 12.1 Å². The molecule has 1 N–H and O–H groups in total. The Labute approximate surface area is 161 Å². The number of nitrogens with one attached hydrogen (secondary N) is 1. The Bertz CT molecular complexity index is 904. The molecule has 144 valence electrons. The van der Waals surface area contributed by atoms with Crippen LogP contribution in [0.25, 0.3) is 0 Å². The number of ether oxygens (including phenoxy) is 1. The molecule has 0 amide bonds. The van der Waals surface area contributed by atoms with Gasteiger partial charge in [0.2, 0.25) is 0 Å². The van der Waals surface area contributed by atoms with Crippen LogP contribution in [0.1, 0.15) is 18.9 Å². The minimum atomic E-state index is -0.540. The van der Waals surface area contributed by atoms with Crippen molar-refractivity contribution in [3.63, 3.8) is 0 Å². The molecule has 0 fully saturated rings. The quantitative estimate of drug-likeness (QED) is 0.225. The van der Waals surface area contributed by atoms with Crippen molar-refractivity contribution in [3.05, 3.63) is 58.1 Å². The number of hydrogen-bond acceptors (Lipinski definition) is 8. The van der Waals surface area contributed by atoms with Crippen molar-refractivity contribution in [3.8, 4) is 6.07 Å². The van der Waals surface area contributed by atoms with Crippen molar-refractivity contribution in [2.24, 2.45) is 10.2 Å². The number of carbonyl (C=O) groups excluding carboxylic acids is 1. The van der Waals surface area contributed by atoms with Crippen LogP contribution in [-0.2, 0) is 16.0 Å². The fourth-order valence-corrected chi connectivity index (χ4v) is 2.33. The smallest absolute Gasteiger partial charge is 0.320 e. The third kappa shape index (κ3) is 6.17. The van der Waals surface area contributed by atoms with E-state index in [4.69, 9.17) is 10.00 Å². The van der Waals surface area contributed by atoms with E-state index in [0.717, 1.165) is 17.7 Å². The van der Waals surface area contributed by atoms with Crippen molar-refractivity contribution in [2.45, 2.75) is 19.8 Å². The number of rotatable bonds is 9. The summed E-state index contributed by atoms with van der Waals surface area (Å²) in [7, 11) is 0. The van der Waals surface area contributed by atoms with E-state index >= 15 is 0 Å². The van der Waals surface area contributed by atoms with Crippen LogP contribution in [-0.4, -0.2) is 24.0 Å². The molecule has 0 bridgehead atoms. The topological polar surface area (TPSA) is 130 Å². The normalized spacial score (nSPS) is 10.4. The van der Waals surface area contributed by atoms with Crippen molar-refractivity contribution in [1.29, 1.82) is 5.26 Å². The summed E-state index contributed by atoms with van der Waals surface area (Å²) in [5.74, 6) is -0.540. The molecule has 9 heteroatoms. The largest absolute Gasteiger partial charge is 0.463 e. The fraction of sp³-hybridized carbons (Fsp3) is 0.263. The van der Waals surface area contributed by atoms with E-state index in [1.807, 2.05) is 19.1 Å². The van der Waals surface area contributed by atoms with E-state index in [2.05, 4.69) is 15.5 Å². The molecule has 0 atom stereocenters. The Morgan fingerprint density at radius 1 is 1.21 bits per heavy atom. The van der Waals surface area contributed by atoms with Crippen LogP contribution < -0.4 is 5.32 Å². The number of nitro benzene ring substituents is 1. The Morgan fingerprint density at radius 3 is 2.54 bits per heavy atom. The van der Waals surface area contributed by atoms with Gasteiger partial charge in [-0.1, -0.05) is 6.92 Å². The third-order valence-corrected chi connectivity index (χ3v) is 3.72. The first-order valence-corrected chi connectivity index (χ1v) is 8.59. The number of nitriles is 1. The van der Waals surface area contributed by atoms with Crippen LogP contribution in [0.4, 0.5) is 22.7 Å². The molecule has 0 aliphatic carbocycles. The van der Waals surface area contributed by atoms with Crippen LogP contribution in [0.15, 0.2) is 52.7 Å². The molecular formula is C19H19N5O4. The van der Waals surface area contributed by atoms with Crippen molar-refractivity contribution in [2.75, 3.05) is 18.5 Å². The maximum absolute atomic E-state index is 11.1. The number of azo groups is 1. The zero-order valence-corrected chi connectivity index (χ0v) is 15.3. The standard InChI is InChI=1S/C19H19N5O4/c1-2-14-13-16(23-22-15-3-6-17(7-4-15)24(26)27)5-8-18(14)21-11-12-28-19(25)9-10-20/h3-8,13,21H,2,9,11-12H2,1H3. The zero-order valence-electron chi connectivity index (χ0n) is 15.3. The molecule has 0 radical (unpaired) electrons. The second-order valence-electron chi connectivity index (χ2n) is 5.65. The van der Waals surface area contributed by atoms with Crippen LogP contribution in [0.5, 0.6) is 0 Å².